The third-order valence-electron chi connectivity index (χ3n) is 3.49. The summed E-state index contributed by atoms with van der Waals surface area (Å²) < 4.78 is 28.6. The number of aryl methyl sites for hydroxylation is 2. The molecule has 2 aromatic carbocycles. The SMILES string of the molecule is Cc1cc(Br)cc(C)c1S(=O)(=O)Nc1n[nH]c(Nc2cccc(Cl)c2)n1. The zero-order valence-electron chi connectivity index (χ0n) is 13.8. The molecule has 0 aliphatic carbocycles. The van der Waals surface area contributed by atoms with Crippen molar-refractivity contribution in [2.45, 2.75) is 18.7 Å². The lowest BCUT2D eigenvalue weighted by Gasteiger charge is -2.11. The lowest BCUT2D eigenvalue weighted by molar-refractivity contribution is 0.599. The van der Waals surface area contributed by atoms with Crippen molar-refractivity contribution in [1.82, 2.24) is 15.2 Å². The van der Waals surface area contributed by atoms with Gasteiger partial charge in [-0.05, 0) is 55.3 Å². The third kappa shape index (κ3) is 4.17. The maximum Gasteiger partial charge on any atom is 0.264 e. The molecule has 3 aromatic rings. The van der Waals surface area contributed by atoms with E-state index in [1.54, 1.807) is 50.2 Å². The molecule has 0 atom stereocenters. The topological polar surface area (TPSA) is 99.8 Å². The summed E-state index contributed by atoms with van der Waals surface area (Å²) in [5, 5.41) is 10.1. The molecule has 7 nitrogen and oxygen atoms in total. The van der Waals surface area contributed by atoms with E-state index in [1.807, 2.05) is 0 Å². The van der Waals surface area contributed by atoms with Gasteiger partial charge in [0.05, 0.1) is 4.90 Å². The van der Waals surface area contributed by atoms with Crippen molar-refractivity contribution in [3.63, 3.8) is 0 Å². The van der Waals surface area contributed by atoms with E-state index in [1.165, 1.54) is 0 Å². The molecule has 1 aromatic heterocycles. The molecule has 3 rings (SSSR count). The Bertz CT molecular complexity index is 1050. The Morgan fingerprint density at radius 3 is 2.50 bits per heavy atom. The van der Waals surface area contributed by atoms with Gasteiger partial charge in [0.25, 0.3) is 16.0 Å². The summed E-state index contributed by atoms with van der Waals surface area (Å²) in [6, 6.07) is 10.5. The van der Waals surface area contributed by atoms with Gasteiger partial charge >= 0.3 is 0 Å². The van der Waals surface area contributed by atoms with Crippen LogP contribution in [0.4, 0.5) is 17.6 Å². The zero-order chi connectivity index (χ0) is 18.9. The maximum atomic E-state index is 12.7. The van der Waals surface area contributed by atoms with Crippen LogP contribution >= 0.6 is 27.5 Å². The minimum atomic E-state index is -3.82. The summed E-state index contributed by atoms with van der Waals surface area (Å²) in [4.78, 5) is 4.31. The zero-order valence-corrected chi connectivity index (χ0v) is 17.0. The van der Waals surface area contributed by atoms with Gasteiger partial charge in [0.15, 0.2) is 0 Å². The van der Waals surface area contributed by atoms with Crippen LogP contribution in [0.2, 0.25) is 5.02 Å². The van der Waals surface area contributed by atoms with Crippen molar-refractivity contribution in [2.24, 2.45) is 0 Å². The molecule has 3 N–H and O–H groups in total. The first-order valence-electron chi connectivity index (χ1n) is 7.49. The molecule has 0 unspecified atom stereocenters. The van der Waals surface area contributed by atoms with Gasteiger partial charge in [0.2, 0.25) is 5.95 Å². The number of sulfonamides is 1. The maximum absolute atomic E-state index is 12.7. The van der Waals surface area contributed by atoms with Crippen molar-refractivity contribution in [2.75, 3.05) is 10.0 Å². The number of aromatic nitrogens is 3. The van der Waals surface area contributed by atoms with E-state index < -0.39 is 10.0 Å². The smallest absolute Gasteiger partial charge is 0.264 e. The number of benzene rings is 2. The van der Waals surface area contributed by atoms with Gasteiger partial charge in [-0.25, -0.2) is 18.2 Å². The predicted molar refractivity (Wildman–Crippen MR) is 106 cm³/mol. The summed E-state index contributed by atoms with van der Waals surface area (Å²) in [6.07, 6.45) is 0. The average Bonchev–Trinajstić information content (AvgIpc) is 2.91. The highest BCUT2D eigenvalue weighted by molar-refractivity contribution is 9.10. The molecule has 10 heteroatoms. The van der Waals surface area contributed by atoms with E-state index in [2.05, 4.69) is 41.2 Å². The van der Waals surface area contributed by atoms with E-state index in [9.17, 15) is 8.42 Å². The molecule has 1 heterocycles. The number of H-pyrrole nitrogens is 1. The number of nitrogens with one attached hydrogen (secondary N) is 3. The Morgan fingerprint density at radius 1 is 1.15 bits per heavy atom. The molecule has 0 bridgehead atoms. The Kier molecular flexibility index (Phi) is 5.22. The monoisotopic (exact) mass is 455 g/mol. The van der Waals surface area contributed by atoms with Gasteiger partial charge in [-0.15, -0.1) is 5.10 Å². The van der Waals surface area contributed by atoms with E-state index >= 15 is 0 Å². The van der Waals surface area contributed by atoms with Crippen LogP contribution in [0.1, 0.15) is 11.1 Å². The molecule has 136 valence electrons. The molecule has 0 aliphatic rings. The van der Waals surface area contributed by atoms with Crippen LogP contribution in [0.25, 0.3) is 0 Å². The van der Waals surface area contributed by atoms with Gasteiger partial charge in [0.1, 0.15) is 0 Å². The highest BCUT2D eigenvalue weighted by atomic mass is 79.9. The van der Waals surface area contributed by atoms with Gasteiger partial charge in [-0.2, -0.15) is 4.98 Å². The van der Waals surface area contributed by atoms with E-state index in [4.69, 9.17) is 11.6 Å². The van der Waals surface area contributed by atoms with Gasteiger partial charge in [-0.3, -0.25) is 0 Å². The standard InChI is InChI=1S/C16H15BrClN5O2S/c1-9-6-11(17)7-10(2)14(9)26(24,25)23-16-20-15(21-22-16)19-13-5-3-4-12(18)8-13/h3-8H,1-2H3,(H3,19,20,21,22,23). The van der Waals surface area contributed by atoms with E-state index in [0.29, 0.717) is 21.8 Å². The van der Waals surface area contributed by atoms with Crippen molar-refractivity contribution in [1.29, 1.82) is 0 Å². The van der Waals surface area contributed by atoms with Crippen molar-refractivity contribution in [3.05, 3.63) is 57.0 Å². The highest BCUT2D eigenvalue weighted by Crippen LogP contribution is 2.26. The van der Waals surface area contributed by atoms with Crippen LogP contribution < -0.4 is 10.0 Å². The van der Waals surface area contributed by atoms with Crippen LogP contribution in [-0.2, 0) is 10.0 Å². The Hall–Kier alpha value is -2.10. The number of rotatable bonds is 5. The molecular formula is C16H15BrClN5O2S. The summed E-state index contributed by atoms with van der Waals surface area (Å²) in [6.45, 7) is 3.47. The number of halogens is 2. The fraction of sp³-hybridized carbons (Fsp3) is 0.125. The number of anilines is 3. The Morgan fingerprint density at radius 2 is 1.85 bits per heavy atom. The lowest BCUT2D eigenvalue weighted by atomic mass is 10.2. The second-order valence-corrected chi connectivity index (χ2v) is 8.59. The molecule has 0 spiro atoms. The lowest BCUT2D eigenvalue weighted by Crippen LogP contribution is -2.16. The minimum Gasteiger partial charge on any atom is -0.324 e. The first-order valence-corrected chi connectivity index (χ1v) is 10.1. The van der Waals surface area contributed by atoms with Gasteiger partial charge < -0.3 is 5.32 Å². The second-order valence-electron chi connectivity index (χ2n) is 5.62. The Balaban J connectivity index is 1.82. The van der Waals surface area contributed by atoms with E-state index in [-0.39, 0.29) is 16.8 Å². The first kappa shape index (κ1) is 18.7. The minimum absolute atomic E-state index is 0.0590. The number of nitrogens with zero attached hydrogens (tertiary/aromatic N) is 2. The van der Waals surface area contributed by atoms with Crippen molar-refractivity contribution in [3.8, 4) is 0 Å². The quantitative estimate of drug-likeness (QED) is 0.529. The predicted octanol–water partition coefficient (Wildman–Crippen LogP) is 4.38. The molecule has 0 amide bonds. The van der Waals surface area contributed by atoms with Crippen LogP contribution in [0.3, 0.4) is 0 Å². The summed E-state index contributed by atoms with van der Waals surface area (Å²) in [5.41, 5.74) is 1.94. The van der Waals surface area contributed by atoms with Crippen LogP contribution in [0.15, 0.2) is 45.8 Å². The molecule has 0 aliphatic heterocycles. The normalized spacial score (nSPS) is 11.4. The largest absolute Gasteiger partial charge is 0.324 e. The number of hydrogen-bond acceptors (Lipinski definition) is 5. The fourth-order valence-corrected chi connectivity index (χ4v) is 4.84. The summed E-state index contributed by atoms with van der Waals surface area (Å²) >= 11 is 9.29. The van der Waals surface area contributed by atoms with Crippen LogP contribution in [-0.4, -0.2) is 23.6 Å². The highest BCUT2D eigenvalue weighted by Gasteiger charge is 2.22. The van der Waals surface area contributed by atoms with Gasteiger partial charge in [-0.1, -0.05) is 33.6 Å². The first-order chi connectivity index (χ1) is 12.2. The molecule has 0 saturated carbocycles. The molecular weight excluding hydrogens is 442 g/mol. The van der Waals surface area contributed by atoms with Crippen molar-refractivity contribution >= 4 is 55.1 Å². The average molecular weight is 457 g/mol. The molecule has 0 radical (unpaired) electrons. The molecule has 0 fully saturated rings. The van der Waals surface area contributed by atoms with Gasteiger partial charge in [0, 0.05) is 15.2 Å². The third-order valence-corrected chi connectivity index (χ3v) is 5.82. The molecule has 0 saturated heterocycles. The van der Waals surface area contributed by atoms with Crippen LogP contribution in [0.5, 0.6) is 0 Å². The summed E-state index contributed by atoms with van der Waals surface area (Å²) in [7, 11) is -3.82. The van der Waals surface area contributed by atoms with Crippen LogP contribution in [0, 0.1) is 13.8 Å². The molecule has 26 heavy (non-hydrogen) atoms. The fourth-order valence-electron chi connectivity index (χ4n) is 2.56. The van der Waals surface area contributed by atoms with E-state index in [0.717, 1.165) is 4.47 Å². The number of aromatic amines is 1. The summed E-state index contributed by atoms with van der Waals surface area (Å²) in [5.74, 6) is 0.227. The van der Waals surface area contributed by atoms with Crippen molar-refractivity contribution < 1.29 is 8.42 Å². The second kappa shape index (κ2) is 7.26. The number of hydrogen-bond donors (Lipinski definition) is 3. The Labute approximate surface area is 164 Å².